The number of benzene rings is 1. The van der Waals surface area contributed by atoms with Crippen LogP contribution in [0.3, 0.4) is 0 Å². The van der Waals surface area contributed by atoms with E-state index in [0.717, 1.165) is 11.1 Å². The van der Waals surface area contributed by atoms with Crippen LogP contribution in [0.25, 0.3) is 5.57 Å². The summed E-state index contributed by atoms with van der Waals surface area (Å²) in [5, 5.41) is 9.34. The molecular weight excluding hydrogens is 240 g/mol. The van der Waals surface area contributed by atoms with Gasteiger partial charge in [-0.1, -0.05) is 50.8 Å². The molecule has 19 heavy (non-hydrogen) atoms. The predicted octanol–water partition coefficient (Wildman–Crippen LogP) is 2.90. The van der Waals surface area contributed by atoms with E-state index in [0.29, 0.717) is 6.42 Å². The Morgan fingerprint density at radius 2 is 1.95 bits per heavy atom. The van der Waals surface area contributed by atoms with Crippen molar-refractivity contribution in [2.24, 2.45) is 11.8 Å². The lowest BCUT2D eigenvalue weighted by Crippen LogP contribution is -2.20. The Morgan fingerprint density at radius 1 is 1.32 bits per heavy atom. The van der Waals surface area contributed by atoms with Crippen molar-refractivity contribution >= 4 is 11.5 Å². The number of hydrogen-bond acceptors (Lipinski definition) is 3. The minimum absolute atomic E-state index is 0.0166. The highest BCUT2D eigenvalue weighted by Crippen LogP contribution is 2.21. The molecule has 0 aliphatic rings. The number of aliphatic hydroxyl groups is 1. The summed E-state index contributed by atoms with van der Waals surface area (Å²) in [4.78, 5) is 11.4. The van der Waals surface area contributed by atoms with Gasteiger partial charge in [0.25, 0.3) is 0 Å². The van der Waals surface area contributed by atoms with Crippen LogP contribution in [0.4, 0.5) is 0 Å². The van der Waals surface area contributed by atoms with Crippen LogP contribution in [0.1, 0.15) is 25.8 Å². The summed E-state index contributed by atoms with van der Waals surface area (Å²) in [5.74, 6) is -0.476. The lowest BCUT2D eigenvalue weighted by molar-refractivity contribution is -0.149. The first-order valence-electron chi connectivity index (χ1n) is 6.55. The first-order chi connectivity index (χ1) is 9.04. The molecule has 0 aliphatic heterocycles. The van der Waals surface area contributed by atoms with Gasteiger partial charge in [0.05, 0.1) is 12.5 Å². The van der Waals surface area contributed by atoms with Crippen LogP contribution in [0, 0.1) is 11.8 Å². The van der Waals surface area contributed by atoms with E-state index in [1.165, 1.54) is 0 Å². The third kappa shape index (κ3) is 5.26. The van der Waals surface area contributed by atoms with Crippen LogP contribution >= 0.6 is 0 Å². The minimum Gasteiger partial charge on any atom is -0.465 e. The van der Waals surface area contributed by atoms with Gasteiger partial charge in [-0.15, -0.1) is 0 Å². The molecule has 1 rings (SSSR count). The quantitative estimate of drug-likeness (QED) is 0.769. The Labute approximate surface area is 114 Å². The average molecular weight is 262 g/mol. The summed E-state index contributed by atoms with van der Waals surface area (Å²) in [6, 6.07) is 9.82. The summed E-state index contributed by atoms with van der Waals surface area (Å²) in [6.45, 7) is 7.82. The van der Waals surface area contributed by atoms with Gasteiger partial charge in [0.2, 0.25) is 0 Å². The maximum absolute atomic E-state index is 11.4. The van der Waals surface area contributed by atoms with Crippen molar-refractivity contribution in [3.05, 3.63) is 42.5 Å². The summed E-state index contributed by atoms with van der Waals surface area (Å²) in [6.07, 6.45) is 0.617. The lowest BCUT2D eigenvalue weighted by Gasteiger charge is -2.17. The molecule has 0 aliphatic carbocycles. The van der Waals surface area contributed by atoms with E-state index in [-0.39, 0.29) is 31.0 Å². The second-order valence-corrected chi connectivity index (χ2v) is 5.01. The summed E-state index contributed by atoms with van der Waals surface area (Å²) in [7, 11) is 0. The van der Waals surface area contributed by atoms with Gasteiger partial charge in [-0.2, -0.15) is 0 Å². The molecule has 1 aromatic carbocycles. The van der Waals surface area contributed by atoms with Crippen molar-refractivity contribution in [3.8, 4) is 0 Å². The molecule has 3 nitrogen and oxygen atoms in total. The van der Waals surface area contributed by atoms with E-state index in [1.807, 2.05) is 30.3 Å². The van der Waals surface area contributed by atoms with Crippen LogP contribution in [-0.4, -0.2) is 24.3 Å². The Morgan fingerprint density at radius 3 is 2.47 bits per heavy atom. The van der Waals surface area contributed by atoms with Gasteiger partial charge in [-0.05, 0) is 17.6 Å². The highest BCUT2D eigenvalue weighted by atomic mass is 16.5. The van der Waals surface area contributed by atoms with Crippen molar-refractivity contribution in [1.82, 2.24) is 0 Å². The molecule has 0 heterocycles. The topological polar surface area (TPSA) is 46.5 Å². The maximum Gasteiger partial charge on any atom is 0.308 e. The Balaban J connectivity index is 2.48. The lowest BCUT2D eigenvalue weighted by atomic mass is 9.96. The smallest absolute Gasteiger partial charge is 0.308 e. The van der Waals surface area contributed by atoms with Crippen molar-refractivity contribution in [1.29, 1.82) is 0 Å². The third-order valence-corrected chi connectivity index (χ3v) is 2.91. The number of esters is 1. The Kier molecular flexibility index (Phi) is 6.30. The molecule has 0 unspecified atom stereocenters. The van der Waals surface area contributed by atoms with Gasteiger partial charge < -0.3 is 9.84 Å². The van der Waals surface area contributed by atoms with E-state index in [4.69, 9.17) is 4.74 Å². The van der Waals surface area contributed by atoms with Crippen LogP contribution in [0.2, 0.25) is 0 Å². The third-order valence-electron chi connectivity index (χ3n) is 2.91. The molecule has 0 aromatic heterocycles. The number of carbonyl (C=O) groups is 1. The number of carbonyl (C=O) groups excluding carboxylic acids is 1. The first-order valence-corrected chi connectivity index (χ1v) is 6.55. The van der Waals surface area contributed by atoms with Crippen LogP contribution in [-0.2, 0) is 9.53 Å². The Hall–Kier alpha value is -1.61. The molecule has 1 N–H and O–H groups in total. The number of aliphatic hydroxyl groups excluding tert-OH is 1. The number of allylic oxidation sites excluding steroid dienone is 1. The zero-order chi connectivity index (χ0) is 14.3. The molecule has 3 heteroatoms. The molecule has 0 fully saturated rings. The fourth-order valence-corrected chi connectivity index (χ4v) is 1.68. The molecule has 0 bridgehead atoms. The van der Waals surface area contributed by atoms with Crippen molar-refractivity contribution in [2.45, 2.75) is 20.3 Å². The summed E-state index contributed by atoms with van der Waals surface area (Å²) in [5.41, 5.74) is 2.00. The molecule has 0 spiro atoms. The van der Waals surface area contributed by atoms with Gasteiger partial charge in [0, 0.05) is 12.5 Å². The molecular formula is C16H22O3. The van der Waals surface area contributed by atoms with Gasteiger partial charge in [0.1, 0.15) is 0 Å². The second kappa shape index (κ2) is 7.74. The molecule has 104 valence electrons. The summed E-state index contributed by atoms with van der Waals surface area (Å²) >= 11 is 0. The maximum atomic E-state index is 11.4. The van der Waals surface area contributed by atoms with Crippen molar-refractivity contribution in [2.75, 3.05) is 13.2 Å². The zero-order valence-corrected chi connectivity index (χ0v) is 11.6. The fraction of sp³-hybridized carbons (Fsp3) is 0.438. The number of ether oxygens (including phenoxy) is 1. The van der Waals surface area contributed by atoms with Crippen molar-refractivity contribution < 1.29 is 14.6 Å². The largest absolute Gasteiger partial charge is 0.465 e. The molecule has 0 amide bonds. The van der Waals surface area contributed by atoms with Gasteiger partial charge in [-0.25, -0.2) is 0 Å². The predicted molar refractivity (Wildman–Crippen MR) is 76.5 cm³/mol. The fourth-order valence-electron chi connectivity index (χ4n) is 1.68. The molecule has 0 radical (unpaired) electrons. The van der Waals surface area contributed by atoms with E-state index in [2.05, 4.69) is 6.58 Å². The van der Waals surface area contributed by atoms with Crippen molar-refractivity contribution in [3.63, 3.8) is 0 Å². The average Bonchev–Trinajstić information content (AvgIpc) is 2.43. The van der Waals surface area contributed by atoms with E-state index in [1.54, 1.807) is 13.8 Å². The molecule has 1 aromatic rings. The van der Waals surface area contributed by atoms with Gasteiger partial charge >= 0.3 is 5.97 Å². The van der Waals surface area contributed by atoms with Crippen LogP contribution < -0.4 is 0 Å². The van der Waals surface area contributed by atoms with Gasteiger partial charge in [0.15, 0.2) is 0 Å². The molecule has 0 saturated heterocycles. The van der Waals surface area contributed by atoms with E-state index >= 15 is 0 Å². The van der Waals surface area contributed by atoms with Crippen LogP contribution in [0.15, 0.2) is 36.9 Å². The standard InChI is InChI=1S/C16H22O3/c1-12(2)16(18)19-11-14(10-17)9-13(3)15-7-5-4-6-8-15/h4-8,12,14,17H,3,9-11H2,1-2H3/t14-/m0/s1. The first kappa shape index (κ1) is 15.4. The zero-order valence-electron chi connectivity index (χ0n) is 11.6. The normalized spacial score (nSPS) is 12.2. The SMILES string of the molecule is C=C(C[C@@H](CO)COC(=O)C(C)C)c1ccccc1. The Bertz CT molecular complexity index is 409. The van der Waals surface area contributed by atoms with Gasteiger partial charge in [-0.3, -0.25) is 4.79 Å². The number of hydrogen-bond donors (Lipinski definition) is 1. The summed E-state index contributed by atoms with van der Waals surface area (Å²) < 4.78 is 5.15. The highest BCUT2D eigenvalue weighted by molar-refractivity contribution is 5.71. The molecule has 0 saturated carbocycles. The van der Waals surface area contributed by atoms with E-state index in [9.17, 15) is 9.90 Å². The highest BCUT2D eigenvalue weighted by Gasteiger charge is 2.15. The second-order valence-electron chi connectivity index (χ2n) is 5.01. The van der Waals surface area contributed by atoms with Crippen LogP contribution in [0.5, 0.6) is 0 Å². The minimum atomic E-state index is -0.233. The monoisotopic (exact) mass is 262 g/mol. The molecule has 1 atom stereocenters. The van der Waals surface area contributed by atoms with E-state index < -0.39 is 0 Å². The number of rotatable bonds is 7.